The third kappa shape index (κ3) is 3.51. The minimum Gasteiger partial charge on any atom is -0.324 e. The number of rotatable bonds is 3. The minimum atomic E-state index is -0.973. The molecular formula is C14H11ClF2N2O. The summed E-state index contributed by atoms with van der Waals surface area (Å²) in [4.78, 5) is 15.7. The van der Waals surface area contributed by atoms with Crippen molar-refractivity contribution in [3.05, 3.63) is 58.4 Å². The lowest BCUT2D eigenvalue weighted by atomic mass is 10.1. The van der Waals surface area contributed by atoms with E-state index < -0.39 is 11.6 Å². The van der Waals surface area contributed by atoms with Gasteiger partial charge in [0.2, 0.25) is 5.91 Å². The van der Waals surface area contributed by atoms with Crippen molar-refractivity contribution >= 4 is 23.2 Å². The average molecular weight is 297 g/mol. The van der Waals surface area contributed by atoms with Crippen molar-refractivity contribution in [3.63, 3.8) is 0 Å². The molecule has 0 atom stereocenters. The van der Waals surface area contributed by atoms with Gasteiger partial charge in [0.1, 0.15) is 5.15 Å². The normalized spacial score (nSPS) is 10.4. The maximum atomic E-state index is 13.0. The third-order valence-corrected chi connectivity index (χ3v) is 3.04. The Balaban J connectivity index is 2.04. The summed E-state index contributed by atoms with van der Waals surface area (Å²) >= 11 is 5.78. The highest BCUT2D eigenvalue weighted by Crippen LogP contribution is 2.16. The summed E-state index contributed by atoms with van der Waals surface area (Å²) in [7, 11) is 0. The van der Waals surface area contributed by atoms with E-state index >= 15 is 0 Å². The van der Waals surface area contributed by atoms with Gasteiger partial charge in [-0.25, -0.2) is 13.8 Å². The van der Waals surface area contributed by atoms with E-state index in [2.05, 4.69) is 10.3 Å². The van der Waals surface area contributed by atoms with Crippen LogP contribution in [-0.4, -0.2) is 10.9 Å². The van der Waals surface area contributed by atoms with Gasteiger partial charge >= 0.3 is 0 Å². The molecule has 0 bridgehead atoms. The first-order valence-electron chi connectivity index (χ1n) is 5.81. The maximum Gasteiger partial charge on any atom is 0.228 e. The number of aromatic nitrogens is 1. The van der Waals surface area contributed by atoms with Crippen LogP contribution in [0.3, 0.4) is 0 Å². The highest BCUT2D eigenvalue weighted by Gasteiger charge is 2.08. The molecule has 0 aliphatic heterocycles. The van der Waals surface area contributed by atoms with Gasteiger partial charge in [-0.3, -0.25) is 4.79 Å². The molecule has 6 heteroatoms. The molecule has 1 aromatic carbocycles. The van der Waals surface area contributed by atoms with Gasteiger partial charge in [0.25, 0.3) is 0 Å². The molecule has 1 N–H and O–H groups in total. The van der Waals surface area contributed by atoms with Gasteiger partial charge < -0.3 is 5.32 Å². The number of hydrogen-bond donors (Lipinski definition) is 1. The number of nitrogens with zero attached hydrogens (tertiary/aromatic N) is 1. The van der Waals surface area contributed by atoms with E-state index in [1.807, 2.05) is 0 Å². The number of halogens is 3. The summed E-state index contributed by atoms with van der Waals surface area (Å²) in [5.74, 6) is -2.26. The van der Waals surface area contributed by atoms with Gasteiger partial charge in [-0.2, -0.15) is 0 Å². The average Bonchev–Trinajstić information content (AvgIpc) is 2.38. The van der Waals surface area contributed by atoms with Crippen molar-refractivity contribution in [1.29, 1.82) is 0 Å². The first-order chi connectivity index (χ1) is 9.45. The summed E-state index contributed by atoms with van der Waals surface area (Å²) in [5.41, 5.74) is 1.62. The third-order valence-electron chi connectivity index (χ3n) is 2.65. The summed E-state index contributed by atoms with van der Waals surface area (Å²) < 4.78 is 25.8. The second kappa shape index (κ2) is 5.96. The van der Waals surface area contributed by atoms with Crippen molar-refractivity contribution in [1.82, 2.24) is 4.98 Å². The number of hydrogen-bond acceptors (Lipinski definition) is 2. The monoisotopic (exact) mass is 296 g/mol. The molecule has 0 saturated heterocycles. The molecule has 0 unspecified atom stereocenters. The second-order valence-corrected chi connectivity index (χ2v) is 4.66. The first-order valence-corrected chi connectivity index (χ1v) is 6.19. The number of amides is 1. The fourth-order valence-electron chi connectivity index (χ4n) is 1.67. The number of nitrogens with one attached hydrogen (secondary N) is 1. The molecule has 1 heterocycles. The molecule has 0 aliphatic carbocycles. The van der Waals surface area contributed by atoms with Crippen LogP contribution >= 0.6 is 11.6 Å². The topological polar surface area (TPSA) is 42.0 Å². The van der Waals surface area contributed by atoms with Crippen LogP contribution in [0.15, 0.2) is 30.5 Å². The molecule has 1 aromatic heterocycles. The van der Waals surface area contributed by atoms with Crippen LogP contribution in [0.2, 0.25) is 5.15 Å². The highest BCUT2D eigenvalue weighted by molar-refractivity contribution is 6.30. The molecule has 104 valence electrons. The molecular weight excluding hydrogens is 286 g/mol. The molecule has 2 aromatic rings. The Kier molecular flexibility index (Phi) is 4.29. The van der Waals surface area contributed by atoms with Crippen LogP contribution < -0.4 is 5.32 Å². The van der Waals surface area contributed by atoms with E-state index in [4.69, 9.17) is 11.6 Å². The van der Waals surface area contributed by atoms with Gasteiger partial charge in [0, 0.05) is 0 Å². The van der Waals surface area contributed by atoms with Gasteiger partial charge in [0.05, 0.1) is 18.3 Å². The maximum absolute atomic E-state index is 13.0. The van der Waals surface area contributed by atoms with Crippen molar-refractivity contribution in [2.75, 3.05) is 5.32 Å². The molecule has 0 radical (unpaired) electrons. The summed E-state index contributed by atoms with van der Waals surface area (Å²) in [6.45, 7) is 1.76. The summed E-state index contributed by atoms with van der Waals surface area (Å²) in [5, 5.41) is 2.98. The number of aryl methyl sites for hydroxylation is 1. The summed E-state index contributed by atoms with van der Waals surface area (Å²) in [6, 6.07) is 5.04. The van der Waals surface area contributed by atoms with Crippen molar-refractivity contribution in [3.8, 4) is 0 Å². The predicted octanol–water partition coefficient (Wildman–Crippen LogP) is 3.50. The van der Waals surface area contributed by atoms with Crippen LogP contribution in [0.1, 0.15) is 11.1 Å². The molecule has 0 spiro atoms. The lowest BCUT2D eigenvalue weighted by Gasteiger charge is -2.06. The number of carbonyl (C=O) groups excluding carboxylic acids is 1. The Labute approximate surface area is 119 Å². The highest BCUT2D eigenvalue weighted by atomic mass is 35.5. The van der Waals surface area contributed by atoms with Crippen LogP contribution in [0.25, 0.3) is 0 Å². The van der Waals surface area contributed by atoms with E-state index in [0.717, 1.165) is 17.7 Å². The lowest BCUT2D eigenvalue weighted by molar-refractivity contribution is -0.115. The van der Waals surface area contributed by atoms with Crippen molar-refractivity contribution in [2.45, 2.75) is 13.3 Å². The van der Waals surface area contributed by atoms with Crippen LogP contribution in [-0.2, 0) is 11.2 Å². The Bertz CT molecular complexity index is 606. The fraction of sp³-hybridized carbons (Fsp3) is 0.143. The van der Waals surface area contributed by atoms with Crippen LogP contribution in [0, 0.1) is 18.6 Å². The zero-order valence-electron chi connectivity index (χ0n) is 10.6. The second-order valence-electron chi connectivity index (χ2n) is 4.31. The molecule has 20 heavy (non-hydrogen) atoms. The van der Waals surface area contributed by atoms with Gasteiger partial charge in [-0.05, 0) is 36.2 Å². The van der Waals surface area contributed by atoms with E-state index in [9.17, 15) is 13.6 Å². The van der Waals surface area contributed by atoms with E-state index in [1.165, 1.54) is 12.3 Å². The number of pyridine rings is 1. The summed E-state index contributed by atoms with van der Waals surface area (Å²) in [6.07, 6.45) is 1.37. The largest absolute Gasteiger partial charge is 0.324 e. The van der Waals surface area contributed by atoms with Gasteiger partial charge in [-0.1, -0.05) is 17.7 Å². The molecule has 0 aliphatic rings. The molecule has 2 rings (SSSR count). The SMILES string of the molecule is Cc1cc(NC(=O)Cc2ccc(F)c(F)c2)cnc1Cl. The van der Waals surface area contributed by atoms with E-state index in [-0.39, 0.29) is 12.3 Å². The predicted molar refractivity (Wildman–Crippen MR) is 72.7 cm³/mol. The van der Waals surface area contributed by atoms with Gasteiger partial charge in [0.15, 0.2) is 11.6 Å². The Hall–Kier alpha value is -2.01. The number of carbonyl (C=O) groups is 1. The van der Waals surface area contributed by atoms with E-state index in [0.29, 0.717) is 16.4 Å². The van der Waals surface area contributed by atoms with Crippen molar-refractivity contribution < 1.29 is 13.6 Å². The Morgan fingerprint density at radius 3 is 2.70 bits per heavy atom. The molecule has 0 fully saturated rings. The first kappa shape index (κ1) is 14.4. The zero-order valence-corrected chi connectivity index (χ0v) is 11.3. The number of anilines is 1. The lowest BCUT2D eigenvalue weighted by Crippen LogP contribution is -2.15. The Morgan fingerprint density at radius 1 is 1.30 bits per heavy atom. The van der Waals surface area contributed by atoms with Crippen molar-refractivity contribution in [2.24, 2.45) is 0 Å². The van der Waals surface area contributed by atoms with Crippen LogP contribution in [0.5, 0.6) is 0 Å². The fourth-order valence-corrected chi connectivity index (χ4v) is 1.77. The minimum absolute atomic E-state index is 0.0567. The Morgan fingerprint density at radius 2 is 2.05 bits per heavy atom. The quantitative estimate of drug-likeness (QED) is 0.881. The molecule has 0 saturated carbocycles. The van der Waals surface area contributed by atoms with Crippen LogP contribution in [0.4, 0.5) is 14.5 Å². The molecule has 3 nitrogen and oxygen atoms in total. The standard InChI is InChI=1S/C14H11ClF2N2O/c1-8-4-10(7-18-14(8)15)19-13(20)6-9-2-3-11(16)12(17)5-9/h2-5,7H,6H2,1H3,(H,19,20). The van der Waals surface area contributed by atoms with Gasteiger partial charge in [-0.15, -0.1) is 0 Å². The van der Waals surface area contributed by atoms with E-state index in [1.54, 1.807) is 13.0 Å². The smallest absolute Gasteiger partial charge is 0.228 e. The molecule has 1 amide bonds. The number of benzene rings is 1. The zero-order chi connectivity index (χ0) is 14.7.